The molecule has 1 aromatic heterocycles. The van der Waals surface area contributed by atoms with Gasteiger partial charge in [-0.1, -0.05) is 30.3 Å². The predicted octanol–water partition coefficient (Wildman–Crippen LogP) is 2.65. The van der Waals surface area contributed by atoms with Crippen LogP contribution in [0.25, 0.3) is 0 Å². The Morgan fingerprint density at radius 1 is 1.17 bits per heavy atom. The van der Waals surface area contributed by atoms with Crippen molar-refractivity contribution in [3.8, 4) is 0 Å². The van der Waals surface area contributed by atoms with Crippen molar-refractivity contribution in [2.45, 2.75) is 0 Å². The van der Waals surface area contributed by atoms with Crippen LogP contribution < -0.4 is 5.32 Å². The molecule has 1 N–H and O–H groups in total. The zero-order chi connectivity index (χ0) is 13.0. The molecule has 0 aliphatic rings. The SMILES string of the molecule is O=C(CNC(=O)c1ccoc1Br)c1ccccc1. The molecule has 2 rings (SSSR count). The van der Waals surface area contributed by atoms with Crippen LogP contribution in [-0.4, -0.2) is 18.2 Å². The van der Waals surface area contributed by atoms with Crippen LogP contribution in [0.4, 0.5) is 0 Å². The topological polar surface area (TPSA) is 59.3 Å². The van der Waals surface area contributed by atoms with Crippen molar-refractivity contribution in [1.82, 2.24) is 5.32 Å². The molecule has 0 fully saturated rings. The van der Waals surface area contributed by atoms with Gasteiger partial charge in [-0.15, -0.1) is 0 Å². The van der Waals surface area contributed by atoms with E-state index in [4.69, 9.17) is 4.42 Å². The second-order valence-corrected chi connectivity index (χ2v) is 4.30. The highest BCUT2D eigenvalue weighted by molar-refractivity contribution is 9.10. The van der Waals surface area contributed by atoms with Gasteiger partial charge in [-0.05, 0) is 22.0 Å². The van der Waals surface area contributed by atoms with Gasteiger partial charge in [-0.25, -0.2) is 0 Å². The average molecular weight is 308 g/mol. The van der Waals surface area contributed by atoms with Gasteiger partial charge in [0.1, 0.15) is 0 Å². The Balaban J connectivity index is 1.95. The molecular formula is C13H10BrNO3. The molecule has 0 saturated heterocycles. The second-order valence-electron chi connectivity index (χ2n) is 3.58. The van der Waals surface area contributed by atoms with E-state index in [1.54, 1.807) is 24.3 Å². The molecule has 1 heterocycles. The van der Waals surface area contributed by atoms with Crippen molar-refractivity contribution in [2.24, 2.45) is 0 Å². The van der Waals surface area contributed by atoms with Gasteiger partial charge in [-0.2, -0.15) is 0 Å². The minimum Gasteiger partial charge on any atom is -0.457 e. The number of benzene rings is 1. The summed E-state index contributed by atoms with van der Waals surface area (Å²) in [5.41, 5.74) is 0.944. The van der Waals surface area contributed by atoms with Gasteiger partial charge in [-0.3, -0.25) is 9.59 Å². The Labute approximate surface area is 112 Å². The smallest absolute Gasteiger partial charge is 0.256 e. The third-order valence-corrected chi connectivity index (χ3v) is 2.98. The van der Waals surface area contributed by atoms with E-state index < -0.39 is 0 Å². The molecule has 0 atom stereocenters. The number of Topliss-reactive ketones (excluding diaryl/α,β-unsaturated/α-hetero) is 1. The first-order valence-corrected chi connectivity index (χ1v) is 6.07. The molecule has 92 valence electrons. The maximum atomic E-state index is 11.8. The van der Waals surface area contributed by atoms with E-state index in [9.17, 15) is 9.59 Å². The average Bonchev–Trinajstić information content (AvgIpc) is 2.83. The molecule has 0 spiro atoms. The van der Waals surface area contributed by atoms with Crippen LogP contribution in [0.2, 0.25) is 0 Å². The van der Waals surface area contributed by atoms with Crippen LogP contribution in [0.3, 0.4) is 0 Å². The van der Waals surface area contributed by atoms with Gasteiger partial charge in [0, 0.05) is 5.56 Å². The van der Waals surface area contributed by atoms with Gasteiger partial charge >= 0.3 is 0 Å². The lowest BCUT2D eigenvalue weighted by molar-refractivity contribution is 0.0903. The third kappa shape index (κ3) is 2.87. The van der Waals surface area contributed by atoms with Crippen LogP contribution in [0.15, 0.2) is 51.7 Å². The molecule has 18 heavy (non-hydrogen) atoms. The Morgan fingerprint density at radius 2 is 1.89 bits per heavy atom. The molecule has 1 aromatic carbocycles. The Hall–Kier alpha value is -1.88. The first-order chi connectivity index (χ1) is 8.68. The number of furan rings is 1. The van der Waals surface area contributed by atoms with Crippen molar-refractivity contribution in [1.29, 1.82) is 0 Å². The van der Waals surface area contributed by atoms with E-state index in [0.717, 1.165) is 0 Å². The quantitative estimate of drug-likeness (QED) is 0.883. The fourth-order valence-electron chi connectivity index (χ4n) is 1.44. The molecule has 2 aromatic rings. The standard InChI is InChI=1S/C13H10BrNO3/c14-12-10(6-7-18-12)13(17)15-8-11(16)9-4-2-1-3-5-9/h1-7H,8H2,(H,15,17). The maximum absolute atomic E-state index is 11.8. The summed E-state index contributed by atoms with van der Waals surface area (Å²) in [5.74, 6) is -0.483. The molecule has 0 radical (unpaired) electrons. The van der Waals surface area contributed by atoms with Crippen molar-refractivity contribution in [2.75, 3.05) is 6.54 Å². The number of hydrogen-bond acceptors (Lipinski definition) is 3. The van der Waals surface area contributed by atoms with E-state index in [0.29, 0.717) is 15.8 Å². The number of carbonyl (C=O) groups excluding carboxylic acids is 2. The number of ketones is 1. The van der Waals surface area contributed by atoms with Crippen LogP contribution >= 0.6 is 15.9 Å². The molecule has 0 bridgehead atoms. The minimum absolute atomic E-state index is 0.0412. The summed E-state index contributed by atoms with van der Waals surface area (Å²) in [7, 11) is 0. The second kappa shape index (κ2) is 5.64. The zero-order valence-corrected chi connectivity index (χ0v) is 10.9. The van der Waals surface area contributed by atoms with E-state index >= 15 is 0 Å². The van der Waals surface area contributed by atoms with E-state index in [1.807, 2.05) is 6.07 Å². The molecule has 5 heteroatoms. The van der Waals surface area contributed by atoms with Crippen molar-refractivity contribution in [3.05, 3.63) is 58.5 Å². The first kappa shape index (κ1) is 12.6. The summed E-state index contributed by atoms with van der Waals surface area (Å²) in [6, 6.07) is 10.3. The summed E-state index contributed by atoms with van der Waals surface area (Å²) in [5, 5.41) is 2.55. The van der Waals surface area contributed by atoms with Gasteiger partial charge in [0.15, 0.2) is 10.5 Å². The van der Waals surface area contributed by atoms with Crippen molar-refractivity contribution >= 4 is 27.6 Å². The molecule has 0 unspecified atom stereocenters. The lowest BCUT2D eigenvalue weighted by Gasteiger charge is -2.03. The Bertz CT molecular complexity index is 563. The zero-order valence-electron chi connectivity index (χ0n) is 9.35. The molecular weight excluding hydrogens is 298 g/mol. The van der Waals surface area contributed by atoms with E-state index in [-0.39, 0.29) is 18.2 Å². The predicted molar refractivity (Wildman–Crippen MR) is 69.5 cm³/mol. The van der Waals surface area contributed by atoms with Crippen LogP contribution in [-0.2, 0) is 0 Å². The number of carbonyl (C=O) groups is 2. The maximum Gasteiger partial charge on any atom is 0.256 e. The van der Waals surface area contributed by atoms with Gasteiger partial charge in [0.25, 0.3) is 5.91 Å². The largest absolute Gasteiger partial charge is 0.457 e. The Kier molecular flexibility index (Phi) is 3.94. The summed E-state index contributed by atoms with van der Waals surface area (Å²) < 4.78 is 5.30. The lowest BCUT2D eigenvalue weighted by Crippen LogP contribution is -2.29. The number of hydrogen-bond donors (Lipinski definition) is 1. The van der Waals surface area contributed by atoms with Crippen molar-refractivity contribution < 1.29 is 14.0 Å². The number of halogens is 1. The molecule has 1 amide bonds. The summed E-state index contributed by atoms with van der Waals surface area (Å²) in [4.78, 5) is 23.5. The highest BCUT2D eigenvalue weighted by Gasteiger charge is 2.13. The van der Waals surface area contributed by atoms with Gasteiger partial charge in [0.2, 0.25) is 0 Å². The molecule has 0 saturated carbocycles. The summed E-state index contributed by atoms with van der Waals surface area (Å²) in [6.07, 6.45) is 1.40. The number of nitrogens with one attached hydrogen (secondary N) is 1. The fraction of sp³-hybridized carbons (Fsp3) is 0.0769. The van der Waals surface area contributed by atoms with Crippen LogP contribution in [0.1, 0.15) is 20.7 Å². The van der Waals surface area contributed by atoms with Gasteiger partial charge < -0.3 is 9.73 Å². The normalized spacial score (nSPS) is 10.1. The highest BCUT2D eigenvalue weighted by atomic mass is 79.9. The summed E-state index contributed by atoms with van der Waals surface area (Å²) >= 11 is 3.11. The van der Waals surface area contributed by atoms with Crippen LogP contribution in [0.5, 0.6) is 0 Å². The van der Waals surface area contributed by atoms with Crippen molar-refractivity contribution in [3.63, 3.8) is 0 Å². The lowest BCUT2D eigenvalue weighted by atomic mass is 10.1. The number of rotatable bonds is 4. The minimum atomic E-state index is -0.347. The highest BCUT2D eigenvalue weighted by Crippen LogP contribution is 2.16. The molecule has 4 nitrogen and oxygen atoms in total. The summed E-state index contributed by atoms with van der Waals surface area (Å²) in [6.45, 7) is -0.0412. The first-order valence-electron chi connectivity index (χ1n) is 5.28. The molecule has 0 aliphatic carbocycles. The van der Waals surface area contributed by atoms with Gasteiger partial charge in [0.05, 0.1) is 18.4 Å². The molecule has 0 aliphatic heterocycles. The Morgan fingerprint density at radius 3 is 2.50 bits per heavy atom. The third-order valence-electron chi connectivity index (χ3n) is 2.37. The monoisotopic (exact) mass is 307 g/mol. The number of amides is 1. The van der Waals surface area contributed by atoms with Crippen LogP contribution in [0, 0.1) is 0 Å². The fourth-order valence-corrected chi connectivity index (χ4v) is 1.86. The van der Waals surface area contributed by atoms with E-state index in [1.165, 1.54) is 12.3 Å². The van der Waals surface area contributed by atoms with E-state index in [2.05, 4.69) is 21.2 Å².